The molecule has 0 bridgehead atoms. The molecule has 3 rings (SSSR count). The van der Waals surface area contributed by atoms with E-state index in [0.29, 0.717) is 37.5 Å². The molecule has 1 saturated heterocycles. The van der Waals surface area contributed by atoms with Crippen molar-refractivity contribution in [2.24, 2.45) is 11.5 Å². The van der Waals surface area contributed by atoms with E-state index in [0.717, 1.165) is 0 Å². The zero-order chi connectivity index (χ0) is 35.8. The maximum atomic E-state index is 13.9. The first-order chi connectivity index (χ1) is 23.4. The van der Waals surface area contributed by atoms with Gasteiger partial charge in [-0.15, -0.1) is 0 Å². The Balaban J connectivity index is 1.66. The number of carbonyl (C=O) groups excluding carboxylic acids is 4. The molecular weight excluding hydrogens is 656 g/mol. The van der Waals surface area contributed by atoms with Gasteiger partial charge in [0, 0.05) is 76.9 Å². The van der Waals surface area contributed by atoms with Gasteiger partial charge in [-0.1, -0.05) is 24.3 Å². The van der Waals surface area contributed by atoms with Crippen molar-refractivity contribution in [2.75, 3.05) is 71.5 Å². The quantitative estimate of drug-likeness (QED) is 0.0616. The summed E-state index contributed by atoms with van der Waals surface area (Å²) in [5, 5.41) is 13.1. The van der Waals surface area contributed by atoms with Gasteiger partial charge in [0.1, 0.15) is 11.9 Å². The molecule has 1 aliphatic rings. The zero-order valence-electron chi connectivity index (χ0n) is 27.6. The Labute approximate surface area is 286 Å². The van der Waals surface area contributed by atoms with Crippen molar-refractivity contribution in [3.8, 4) is 0 Å². The summed E-state index contributed by atoms with van der Waals surface area (Å²) >= 11 is 0. The molecule has 1 aliphatic heterocycles. The van der Waals surface area contributed by atoms with Crippen LogP contribution >= 0.6 is 0 Å². The van der Waals surface area contributed by atoms with Crippen LogP contribution in [0.2, 0.25) is 0 Å². The molecular formula is C32H46N8O8S. The smallest absolute Gasteiger partial charge is 0.241 e. The third kappa shape index (κ3) is 12.8. The molecule has 0 aliphatic carbocycles. The van der Waals surface area contributed by atoms with E-state index in [1.165, 1.54) is 29.2 Å². The van der Waals surface area contributed by atoms with Gasteiger partial charge in [-0.05, 0) is 36.2 Å². The Morgan fingerprint density at radius 1 is 0.918 bits per heavy atom. The molecule has 0 unspecified atom stereocenters. The Bertz CT molecular complexity index is 1560. The Kier molecular flexibility index (Phi) is 15.6. The van der Waals surface area contributed by atoms with Crippen LogP contribution < -0.4 is 26.8 Å². The highest BCUT2D eigenvalue weighted by Crippen LogP contribution is 2.19. The summed E-state index contributed by atoms with van der Waals surface area (Å²) in [5.74, 6) is -1.54. The second kappa shape index (κ2) is 19.5. The number of hydrogen-bond acceptors (Lipinski definition) is 10. The molecule has 2 aromatic carbocycles. The van der Waals surface area contributed by atoms with Gasteiger partial charge in [0.15, 0.2) is 0 Å². The van der Waals surface area contributed by atoms with Crippen molar-refractivity contribution in [3.63, 3.8) is 0 Å². The fraction of sp³-hybridized carbons (Fsp3) is 0.469. The second-order valence-electron chi connectivity index (χ2n) is 11.3. The number of nitrogen functional groups attached to an aromatic ring is 1. The van der Waals surface area contributed by atoms with E-state index in [9.17, 15) is 27.6 Å². The molecule has 4 amide bonds. The van der Waals surface area contributed by atoms with E-state index in [2.05, 4.69) is 15.4 Å². The van der Waals surface area contributed by atoms with Crippen LogP contribution in [0.4, 0.5) is 5.69 Å². The van der Waals surface area contributed by atoms with Crippen LogP contribution in [0.1, 0.15) is 30.4 Å². The minimum absolute atomic E-state index is 0.00493. The van der Waals surface area contributed by atoms with Crippen LogP contribution in [0.5, 0.6) is 0 Å². The Hall–Kier alpha value is -4.42. The molecule has 8 N–H and O–H groups in total. The fourth-order valence-electron chi connectivity index (χ4n) is 5.00. The van der Waals surface area contributed by atoms with Gasteiger partial charge in [-0.2, -0.15) is 4.72 Å². The third-order valence-corrected chi connectivity index (χ3v) is 9.05. The monoisotopic (exact) mass is 702 g/mol. The second-order valence-corrected chi connectivity index (χ2v) is 13.0. The van der Waals surface area contributed by atoms with Gasteiger partial charge in [-0.3, -0.25) is 24.6 Å². The Morgan fingerprint density at radius 3 is 2.33 bits per heavy atom. The highest BCUT2D eigenvalue weighted by Gasteiger charge is 2.32. The van der Waals surface area contributed by atoms with Crippen LogP contribution in [-0.2, 0) is 45.1 Å². The number of benzene rings is 2. The molecule has 49 heavy (non-hydrogen) atoms. The van der Waals surface area contributed by atoms with Crippen LogP contribution in [-0.4, -0.2) is 120 Å². The highest BCUT2D eigenvalue weighted by molar-refractivity contribution is 7.89. The highest BCUT2D eigenvalue weighted by atomic mass is 32.2. The van der Waals surface area contributed by atoms with E-state index in [-0.39, 0.29) is 92.5 Å². The number of carbonyl (C=O) groups is 4. The number of sulfonamides is 1. The van der Waals surface area contributed by atoms with E-state index in [4.69, 9.17) is 26.4 Å². The topological polar surface area (TPSA) is 239 Å². The predicted octanol–water partition coefficient (Wildman–Crippen LogP) is -0.622. The van der Waals surface area contributed by atoms with Gasteiger partial charge < -0.3 is 41.4 Å². The van der Waals surface area contributed by atoms with Gasteiger partial charge in [0.25, 0.3) is 0 Å². The summed E-state index contributed by atoms with van der Waals surface area (Å²) in [4.78, 5) is 53.8. The van der Waals surface area contributed by atoms with Crippen molar-refractivity contribution in [2.45, 2.75) is 36.6 Å². The van der Waals surface area contributed by atoms with E-state index in [1.54, 1.807) is 36.3 Å². The first-order valence-corrected chi connectivity index (χ1v) is 17.4. The number of piperazine rings is 1. The molecule has 0 spiro atoms. The number of ether oxygens (including phenoxy) is 2. The number of nitrogens with two attached hydrogens (primary N) is 2. The standard InChI is InChI=1S/C32H46N8O8S/c1-47-18-19-48-17-12-36-28(41)8-9-30(43)39-13-15-40(16-14-39)32(44)27(21-23-4-2-5-24(20-23)31(34)35)38-49(45,46)26-7-3-6-25(22-26)37-29(42)10-11-33/h2-7,20,22,27,38H,8-19,21,33H2,1H3,(H3,34,35)(H,36,41)(H,37,42)/t27-/m1/s1. The Morgan fingerprint density at radius 2 is 1.63 bits per heavy atom. The maximum absolute atomic E-state index is 13.9. The SMILES string of the molecule is COCCOCCNC(=O)CCC(=O)N1CCN(C(=O)[C@@H](Cc2cccc(C(=N)N)c2)NS(=O)(=O)c2cccc(NC(=O)CCN)c2)CC1. The summed E-state index contributed by atoms with van der Waals surface area (Å²) < 4.78 is 39.9. The van der Waals surface area contributed by atoms with Crippen molar-refractivity contribution in [3.05, 3.63) is 59.7 Å². The summed E-state index contributed by atoms with van der Waals surface area (Å²) in [5.41, 5.74) is 12.3. The predicted molar refractivity (Wildman–Crippen MR) is 182 cm³/mol. The third-order valence-electron chi connectivity index (χ3n) is 7.58. The van der Waals surface area contributed by atoms with Gasteiger partial charge >= 0.3 is 0 Å². The molecule has 17 heteroatoms. The first kappa shape index (κ1) is 39.0. The largest absolute Gasteiger partial charge is 0.384 e. The van der Waals surface area contributed by atoms with Crippen LogP contribution in [0, 0.1) is 5.41 Å². The van der Waals surface area contributed by atoms with E-state index >= 15 is 0 Å². The van der Waals surface area contributed by atoms with Crippen molar-refractivity contribution in [1.29, 1.82) is 5.41 Å². The number of amidine groups is 1. The van der Waals surface area contributed by atoms with Crippen LogP contribution in [0.3, 0.4) is 0 Å². The van der Waals surface area contributed by atoms with Crippen LogP contribution in [0.25, 0.3) is 0 Å². The summed E-state index contributed by atoms with van der Waals surface area (Å²) in [6.07, 6.45) is 0.0328. The summed E-state index contributed by atoms with van der Waals surface area (Å²) in [6.45, 7) is 2.40. The zero-order valence-corrected chi connectivity index (χ0v) is 28.4. The maximum Gasteiger partial charge on any atom is 0.241 e. The molecule has 0 radical (unpaired) electrons. The molecule has 1 fully saturated rings. The summed E-state index contributed by atoms with van der Waals surface area (Å²) in [6, 6.07) is 11.0. The fourth-order valence-corrected chi connectivity index (χ4v) is 6.24. The average molecular weight is 703 g/mol. The molecule has 0 aromatic heterocycles. The van der Waals surface area contributed by atoms with Crippen LogP contribution in [0.15, 0.2) is 53.4 Å². The van der Waals surface area contributed by atoms with Gasteiger partial charge in [0.05, 0.1) is 24.7 Å². The lowest BCUT2D eigenvalue weighted by Gasteiger charge is -2.36. The minimum atomic E-state index is -4.27. The molecule has 16 nitrogen and oxygen atoms in total. The normalized spacial score (nSPS) is 13.8. The molecule has 2 aromatic rings. The molecule has 1 heterocycles. The number of amides is 4. The molecule has 268 valence electrons. The number of nitrogens with one attached hydrogen (secondary N) is 4. The van der Waals surface area contributed by atoms with Gasteiger partial charge in [-0.25, -0.2) is 8.42 Å². The van der Waals surface area contributed by atoms with E-state index < -0.39 is 22.0 Å². The number of hydrogen-bond donors (Lipinski definition) is 6. The number of nitrogens with zero attached hydrogens (tertiary/aromatic N) is 2. The first-order valence-electron chi connectivity index (χ1n) is 15.9. The summed E-state index contributed by atoms with van der Waals surface area (Å²) in [7, 11) is -2.70. The lowest BCUT2D eigenvalue weighted by Crippen LogP contribution is -2.56. The van der Waals surface area contributed by atoms with Crippen molar-refractivity contribution < 1.29 is 37.1 Å². The molecule has 1 atom stereocenters. The van der Waals surface area contributed by atoms with Crippen molar-refractivity contribution in [1.82, 2.24) is 19.8 Å². The number of methoxy groups -OCH3 is 1. The lowest BCUT2D eigenvalue weighted by atomic mass is 10.0. The van der Waals surface area contributed by atoms with Crippen molar-refractivity contribution >= 4 is 45.2 Å². The van der Waals surface area contributed by atoms with E-state index in [1.807, 2.05) is 0 Å². The number of anilines is 1. The minimum Gasteiger partial charge on any atom is -0.384 e. The lowest BCUT2D eigenvalue weighted by molar-refractivity contribution is -0.141. The number of rotatable bonds is 19. The van der Waals surface area contributed by atoms with Gasteiger partial charge in [0.2, 0.25) is 33.7 Å². The molecule has 0 saturated carbocycles. The average Bonchev–Trinajstić information content (AvgIpc) is 3.08.